The van der Waals surface area contributed by atoms with Gasteiger partial charge in [0.15, 0.2) is 0 Å². The van der Waals surface area contributed by atoms with E-state index in [9.17, 15) is 0 Å². The second kappa shape index (κ2) is 3.00. The van der Waals surface area contributed by atoms with Gasteiger partial charge in [-0.25, -0.2) is 0 Å². The second-order valence-corrected chi connectivity index (χ2v) is 7.86. The van der Waals surface area contributed by atoms with Gasteiger partial charge in [-0.2, -0.15) is 0 Å². The molecule has 1 saturated heterocycles. The zero-order valence-electron chi connectivity index (χ0n) is 11.3. The maximum Gasteiger partial charge on any atom is 0.0175 e. The fourth-order valence-electron chi connectivity index (χ4n) is 3.96. The summed E-state index contributed by atoms with van der Waals surface area (Å²) >= 11 is 0. The van der Waals surface area contributed by atoms with E-state index in [4.69, 9.17) is 0 Å². The van der Waals surface area contributed by atoms with Gasteiger partial charge in [0.1, 0.15) is 0 Å². The average molecular weight is 209 g/mol. The normalized spacial score (nSPS) is 34.8. The third kappa shape index (κ3) is 1.73. The molecule has 2 unspecified atom stereocenters. The van der Waals surface area contributed by atoms with Crippen molar-refractivity contribution in [3.63, 3.8) is 0 Å². The minimum absolute atomic E-state index is 0.413. The van der Waals surface area contributed by atoms with Crippen LogP contribution in [0.2, 0.25) is 0 Å². The first-order valence-corrected chi connectivity index (χ1v) is 6.41. The van der Waals surface area contributed by atoms with E-state index >= 15 is 0 Å². The molecule has 0 bridgehead atoms. The molecule has 2 aliphatic rings. The lowest BCUT2D eigenvalue weighted by atomic mass is 9.67. The highest BCUT2D eigenvalue weighted by Gasteiger charge is 2.63. The van der Waals surface area contributed by atoms with E-state index in [1.165, 1.54) is 19.4 Å². The van der Waals surface area contributed by atoms with Gasteiger partial charge in [0.25, 0.3) is 0 Å². The topological polar surface area (TPSA) is 12.0 Å². The molecule has 2 rings (SSSR count). The van der Waals surface area contributed by atoms with E-state index in [1.807, 2.05) is 0 Å². The molecule has 0 aromatic carbocycles. The molecule has 1 saturated carbocycles. The van der Waals surface area contributed by atoms with Crippen LogP contribution in [-0.4, -0.2) is 12.6 Å². The summed E-state index contributed by atoms with van der Waals surface area (Å²) in [6.07, 6.45) is 2.90. The van der Waals surface area contributed by atoms with Crippen LogP contribution >= 0.6 is 0 Å². The van der Waals surface area contributed by atoms with Crippen molar-refractivity contribution in [2.24, 2.45) is 22.2 Å². The number of hydrogen-bond donors (Lipinski definition) is 1. The lowest BCUT2D eigenvalue weighted by molar-refractivity contribution is 0.133. The Labute approximate surface area is 95.0 Å². The Morgan fingerprint density at radius 2 is 1.47 bits per heavy atom. The van der Waals surface area contributed by atoms with Gasteiger partial charge < -0.3 is 5.32 Å². The summed E-state index contributed by atoms with van der Waals surface area (Å²) in [5.41, 5.74) is 1.51. The molecular weight excluding hydrogens is 182 g/mol. The van der Waals surface area contributed by atoms with E-state index in [0.29, 0.717) is 16.2 Å². The standard InChI is InChI=1S/C14H27N/c1-12(2,3)10-9-15-11(13(4,5)6)14(10)7-8-14/h10-11,15H,7-9H2,1-6H3. The van der Waals surface area contributed by atoms with E-state index in [0.717, 1.165) is 12.0 Å². The number of rotatable bonds is 0. The minimum Gasteiger partial charge on any atom is -0.313 e. The number of hydrogen-bond acceptors (Lipinski definition) is 1. The van der Waals surface area contributed by atoms with Gasteiger partial charge in [-0.05, 0) is 41.5 Å². The van der Waals surface area contributed by atoms with Crippen molar-refractivity contribution in [3.8, 4) is 0 Å². The Hall–Kier alpha value is -0.0400. The maximum absolute atomic E-state index is 3.81. The maximum atomic E-state index is 3.81. The Bertz CT molecular complexity index is 225. The predicted octanol–water partition coefficient (Wildman–Crippen LogP) is 3.45. The van der Waals surface area contributed by atoms with E-state index in [2.05, 4.69) is 46.9 Å². The van der Waals surface area contributed by atoms with Crippen molar-refractivity contribution >= 4 is 0 Å². The summed E-state index contributed by atoms with van der Waals surface area (Å²) in [4.78, 5) is 0. The smallest absolute Gasteiger partial charge is 0.0175 e. The molecule has 1 aliphatic heterocycles. The first-order valence-electron chi connectivity index (χ1n) is 6.41. The van der Waals surface area contributed by atoms with Crippen LogP contribution in [-0.2, 0) is 0 Å². The molecule has 2 fully saturated rings. The van der Waals surface area contributed by atoms with Gasteiger partial charge in [-0.15, -0.1) is 0 Å². The lowest BCUT2D eigenvalue weighted by Gasteiger charge is -2.38. The molecule has 1 heteroatoms. The molecule has 1 aliphatic carbocycles. The third-order valence-corrected chi connectivity index (χ3v) is 4.53. The molecule has 88 valence electrons. The van der Waals surface area contributed by atoms with Gasteiger partial charge in [0, 0.05) is 6.04 Å². The molecule has 1 heterocycles. The van der Waals surface area contributed by atoms with Crippen LogP contribution in [0.15, 0.2) is 0 Å². The van der Waals surface area contributed by atoms with Crippen LogP contribution in [0.1, 0.15) is 54.4 Å². The highest BCUT2D eigenvalue weighted by molar-refractivity contribution is 5.16. The summed E-state index contributed by atoms with van der Waals surface area (Å²) < 4.78 is 0. The highest BCUT2D eigenvalue weighted by Crippen LogP contribution is 2.64. The van der Waals surface area contributed by atoms with Crippen LogP contribution < -0.4 is 5.32 Å². The fourth-order valence-corrected chi connectivity index (χ4v) is 3.96. The minimum atomic E-state index is 0.413. The van der Waals surface area contributed by atoms with Gasteiger partial charge in [-0.1, -0.05) is 41.5 Å². The van der Waals surface area contributed by atoms with Crippen LogP contribution in [0.25, 0.3) is 0 Å². The van der Waals surface area contributed by atoms with Crippen molar-refractivity contribution in [2.75, 3.05) is 6.54 Å². The van der Waals surface area contributed by atoms with E-state index < -0.39 is 0 Å². The first kappa shape index (κ1) is 11.4. The summed E-state index contributed by atoms with van der Waals surface area (Å²) in [6.45, 7) is 15.6. The molecule has 2 atom stereocenters. The zero-order chi connectivity index (χ0) is 11.5. The van der Waals surface area contributed by atoms with Crippen molar-refractivity contribution in [1.82, 2.24) is 5.32 Å². The molecule has 1 N–H and O–H groups in total. The van der Waals surface area contributed by atoms with Crippen molar-refractivity contribution in [2.45, 2.75) is 60.4 Å². The van der Waals surface area contributed by atoms with E-state index in [1.54, 1.807) is 0 Å². The van der Waals surface area contributed by atoms with Crippen LogP contribution in [0, 0.1) is 22.2 Å². The van der Waals surface area contributed by atoms with Crippen LogP contribution in [0.4, 0.5) is 0 Å². The Morgan fingerprint density at radius 1 is 0.933 bits per heavy atom. The largest absolute Gasteiger partial charge is 0.313 e. The van der Waals surface area contributed by atoms with Gasteiger partial charge in [-0.3, -0.25) is 0 Å². The van der Waals surface area contributed by atoms with Gasteiger partial charge in [0.2, 0.25) is 0 Å². The summed E-state index contributed by atoms with van der Waals surface area (Å²) in [5.74, 6) is 0.870. The summed E-state index contributed by atoms with van der Waals surface area (Å²) in [5, 5.41) is 3.81. The molecule has 0 radical (unpaired) electrons. The van der Waals surface area contributed by atoms with Gasteiger partial charge >= 0.3 is 0 Å². The Morgan fingerprint density at radius 3 is 1.80 bits per heavy atom. The van der Waals surface area contributed by atoms with Gasteiger partial charge in [0.05, 0.1) is 0 Å². The quantitative estimate of drug-likeness (QED) is 0.644. The van der Waals surface area contributed by atoms with Crippen molar-refractivity contribution in [1.29, 1.82) is 0 Å². The SMILES string of the molecule is CC(C)(C)C1CNC(C(C)(C)C)C12CC2. The fraction of sp³-hybridized carbons (Fsp3) is 1.00. The first-order chi connectivity index (χ1) is 6.68. The highest BCUT2D eigenvalue weighted by atomic mass is 15.0. The molecule has 0 amide bonds. The third-order valence-electron chi connectivity index (χ3n) is 4.53. The van der Waals surface area contributed by atoms with Crippen LogP contribution in [0.3, 0.4) is 0 Å². The molecule has 15 heavy (non-hydrogen) atoms. The second-order valence-electron chi connectivity index (χ2n) is 7.86. The summed E-state index contributed by atoms with van der Waals surface area (Å²) in [6, 6.07) is 0.731. The molecule has 1 spiro atoms. The van der Waals surface area contributed by atoms with Crippen molar-refractivity contribution in [3.05, 3.63) is 0 Å². The van der Waals surface area contributed by atoms with Crippen LogP contribution in [0.5, 0.6) is 0 Å². The molecular formula is C14H27N. The Kier molecular flexibility index (Phi) is 2.29. The summed E-state index contributed by atoms with van der Waals surface area (Å²) in [7, 11) is 0. The zero-order valence-corrected chi connectivity index (χ0v) is 11.3. The average Bonchev–Trinajstić information content (AvgIpc) is 2.56. The van der Waals surface area contributed by atoms with Crippen molar-refractivity contribution < 1.29 is 0 Å². The Balaban J connectivity index is 2.23. The lowest BCUT2D eigenvalue weighted by Crippen LogP contribution is -2.41. The monoisotopic (exact) mass is 209 g/mol. The predicted molar refractivity (Wildman–Crippen MR) is 65.9 cm³/mol. The number of nitrogens with one attached hydrogen (secondary N) is 1. The molecule has 1 nitrogen and oxygen atoms in total. The van der Waals surface area contributed by atoms with E-state index in [-0.39, 0.29) is 0 Å². The molecule has 0 aromatic heterocycles. The molecule has 0 aromatic rings.